The number of halogens is 3. The van der Waals surface area contributed by atoms with Crippen molar-refractivity contribution in [2.45, 2.75) is 137 Å². The Balaban J connectivity index is 0.000000247. The molecular weight excluding hydrogens is 927 g/mol. The highest BCUT2D eigenvalue weighted by atomic mass is 35.6. The van der Waals surface area contributed by atoms with E-state index in [2.05, 4.69) is 5.32 Å². The molecule has 2 saturated carbocycles. The Hall–Kier alpha value is -5.17. The van der Waals surface area contributed by atoms with Crippen molar-refractivity contribution in [3.05, 3.63) is 151 Å². The van der Waals surface area contributed by atoms with E-state index >= 15 is 0 Å². The molecule has 0 spiro atoms. The number of carboxylic acids is 1. The van der Waals surface area contributed by atoms with Gasteiger partial charge in [0.1, 0.15) is 34.3 Å². The first-order chi connectivity index (χ1) is 31.9. The highest BCUT2D eigenvalue weighted by molar-refractivity contribution is 6.68. The minimum Gasteiger partial charge on any atom is -0.508 e. The number of alkyl halides is 3. The summed E-state index contributed by atoms with van der Waals surface area (Å²) in [6.45, 7) is 9.50. The maximum absolute atomic E-state index is 12.7. The molecule has 0 saturated heterocycles. The van der Waals surface area contributed by atoms with Crippen molar-refractivity contribution in [1.82, 2.24) is 5.32 Å². The van der Waals surface area contributed by atoms with Crippen molar-refractivity contribution in [3.8, 4) is 28.7 Å². The Morgan fingerprint density at radius 1 is 0.529 bits per heavy atom. The summed E-state index contributed by atoms with van der Waals surface area (Å²) in [4.78, 5) is 23.4. The zero-order chi connectivity index (χ0) is 50.5. The first-order valence-electron chi connectivity index (χ1n) is 22.7. The predicted octanol–water partition coefficient (Wildman–Crippen LogP) is 12.2. The van der Waals surface area contributed by atoms with Gasteiger partial charge in [-0.05, 0) is 177 Å². The SMILES string of the molecule is CC(C)(O)C(Cl)(Cl)Cl.CC(C)(Oc1ccccc1)C(=O)NC1CCC(c2ccc(O)cc2)CC1.CC(C)(Oc1ccccc1)C(=O)O.NC1CCC(c2ccc(O)cc2)CC1.Oc1ccccc1. The number of hydrogen-bond acceptors (Lipinski definition) is 9. The number of nitrogens with two attached hydrogens (primary N) is 1. The van der Waals surface area contributed by atoms with Crippen LogP contribution in [0.2, 0.25) is 0 Å². The minimum atomic E-state index is -1.59. The van der Waals surface area contributed by atoms with E-state index in [1.807, 2.05) is 66.7 Å². The molecule has 0 radical (unpaired) electrons. The summed E-state index contributed by atoms with van der Waals surface area (Å²) in [5.74, 6) is 2.33. The Morgan fingerprint density at radius 2 is 0.853 bits per heavy atom. The van der Waals surface area contributed by atoms with Crippen LogP contribution in [0.1, 0.15) is 116 Å². The van der Waals surface area contributed by atoms with Crippen LogP contribution in [0.4, 0.5) is 0 Å². The predicted molar refractivity (Wildman–Crippen MR) is 273 cm³/mol. The smallest absolute Gasteiger partial charge is 0.347 e. The zero-order valence-electron chi connectivity index (χ0n) is 39.8. The van der Waals surface area contributed by atoms with E-state index in [0.29, 0.717) is 46.6 Å². The second-order valence-electron chi connectivity index (χ2n) is 18.4. The van der Waals surface area contributed by atoms with E-state index in [9.17, 15) is 19.8 Å². The third-order valence-electron chi connectivity index (χ3n) is 11.3. The largest absolute Gasteiger partial charge is 0.508 e. The summed E-state index contributed by atoms with van der Waals surface area (Å²) in [6, 6.07) is 42.7. The molecule has 68 heavy (non-hydrogen) atoms. The molecule has 0 unspecified atom stereocenters. The number of aliphatic hydroxyl groups is 1. The van der Waals surface area contributed by atoms with Crippen LogP contribution in [-0.2, 0) is 9.59 Å². The Labute approximate surface area is 417 Å². The third kappa shape index (κ3) is 21.0. The zero-order valence-corrected chi connectivity index (χ0v) is 42.1. The van der Waals surface area contributed by atoms with E-state index < -0.39 is 26.6 Å². The number of amides is 1. The van der Waals surface area contributed by atoms with Crippen molar-refractivity contribution in [1.29, 1.82) is 0 Å². The highest BCUT2D eigenvalue weighted by Gasteiger charge is 2.38. The molecule has 0 bridgehead atoms. The molecule has 0 atom stereocenters. The number of carbonyl (C=O) groups excluding carboxylic acids is 1. The Bertz CT molecular complexity index is 2170. The van der Waals surface area contributed by atoms with Crippen molar-refractivity contribution < 1.29 is 44.6 Å². The van der Waals surface area contributed by atoms with Gasteiger partial charge in [0, 0.05) is 12.1 Å². The lowest BCUT2D eigenvalue weighted by Crippen LogP contribution is -2.50. The van der Waals surface area contributed by atoms with E-state index in [1.165, 1.54) is 51.7 Å². The lowest BCUT2D eigenvalue weighted by Gasteiger charge is -2.32. The molecule has 0 aliphatic heterocycles. The number of para-hydroxylation sites is 3. The van der Waals surface area contributed by atoms with Gasteiger partial charge in [0.15, 0.2) is 11.2 Å². The van der Waals surface area contributed by atoms with Crippen molar-refractivity contribution >= 4 is 46.7 Å². The van der Waals surface area contributed by atoms with Gasteiger partial charge in [0.05, 0.1) is 0 Å². The fourth-order valence-corrected chi connectivity index (χ4v) is 6.96. The molecule has 0 aromatic heterocycles. The van der Waals surface area contributed by atoms with Gasteiger partial charge in [-0.25, -0.2) is 4.79 Å². The minimum absolute atomic E-state index is 0.0746. The van der Waals surface area contributed by atoms with Gasteiger partial charge in [0.2, 0.25) is 3.79 Å². The summed E-state index contributed by atoms with van der Waals surface area (Å²) in [5.41, 5.74) is 5.11. The highest BCUT2D eigenvalue weighted by Crippen LogP contribution is 2.37. The quantitative estimate of drug-likeness (QED) is 0.0699. The number of carbonyl (C=O) groups is 2. The van der Waals surface area contributed by atoms with Crippen LogP contribution in [-0.4, -0.2) is 70.1 Å². The molecule has 2 aliphatic rings. The molecule has 2 aliphatic carbocycles. The fraction of sp³-hybridized carbons (Fsp3) is 0.407. The molecule has 0 heterocycles. The lowest BCUT2D eigenvalue weighted by atomic mass is 9.81. The van der Waals surface area contributed by atoms with Crippen molar-refractivity contribution in [2.24, 2.45) is 5.73 Å². The number of carboxylic acid groups (broad SMARTS) is 1. The molecule has 14 heteroatoms. The van der Waals surface area contributed by atoms with Crippen LogP contribution in [0, 0.1) is 0 Å². The third-order valence-corrected chi connectivity index (χ3v) is 12.7. The first kappa shape index (κ1) is 57.1. The normalized spacial score (nSPS) is 18.1. The number of benzene rings is 5. The summed E-state index contributed by atoms with van der Waals surface area (Å²) in [6.07, 6.45) is 8.62. The van der Waals surface area contributed by atoms with Gasteiger partial charge < -0.3 is 46.1 Å². The van der Waals surface area contributed by atoms with E-state index in [0.717, 1.165) is 38.5 Å². The van der Waals surface area contributed by atoms with Crippen LogP contribution < -0.4 is 20.5 Å². The number of aliphatic carboxylic acids is 1. The molecule has 8 N–H and O–H groups in total. The maximum Gasteiger partial charge on any atom is 0.347 e. The molecule has 7 rings (SSSR count). The molecule has 5 aromatic carbocycles. The van der Waals surface area contributed by atoms with Crippen molar-refractivity contribution in [2.75, 3.05) is 0 Å². The number of phenols is 3. The topological polar surface area (TPSA) is 192 Å². The Kier molecular flexibility index (Phi) is 22.8. The molecule has 5 aromatic rings. The van der Waals surface area contributed by atoms with Gasteiger partial charge in [-0.1, -0.05) is 114 Å². The first-order valence-corrected chi connectivity index (χ1v) is 23.9. The average molecular weight is 997 g/mol. The van der Waals surface area contributed by atoms with Crippen LogP contribution in [0.25, 0.3) is 0 Å². The Morgan fingerprint density at radius 3 is 1.18 bits per heavy atom. The summed E-state index contributed by atoms with van der Waals surface area (Å²) in [5, 5.41) is 48.1. The molecule has 1 amide bonds. The molecule has 2 fully saturated rings. The number of ether oxygens (including phenoxy) is 2. The standard InChI is InChI=1S/C22H27NO3.C12H17NO.C10H12O3.C6H6O.C4H7Cl3O/c1-22(2,26-20-6-4-3-5-7-20)21(25)23-18-12-8-16(9-13-18)17-10-14-19(24)15-11-17;13-11-5-1-9(2-6-11)10-3-7-12(14)8-4-10;1-10(2,9(11)12)13-8-6-4-3-5-7-8;7-6-4-2-1-3-5-6;1-3(2,8)4(5,6)7/h3-7,10-11,14-16,18,24H,8-9,12-13H2,1-2H3,(H,23,25);3-4,7-9,11,14H,1-2,5-6,13H2;3-7H,1-2H3,(H,11,12);1-5,7H;8H,1-2H3. The number of phenolic OH excluding ortho intramolecular Hbond substituents is 3. The summed E-state index contributed by atoms with van der Waals surface area (Å²) >= 11 is 15.9. The molecule has 11 nitrogen and oxygen atoms in total. The molecular formula is C54H69Cl3N2O9. The van der Waals surface area contributed by atoms with Gasteiger partial charge in [0.25, 0.3) is 5.91 Å². The number of nitrogens with one attached hydrogen (secondary N) is 1. The van der Waals surface area contributed by atoms with Gasteiger partial charge >= 0.3 is 5.97 Å². The van der Waals surface area contributed by atoms with Crippen LogP contribution in [0.15, 0.2) is 140 Å². The number of hydrogen-bond donors (Lipinski definition) is 7. The number of rotatable bonds is 9. The van der Waals surface area contributed by atoms with Gasteiger partial charge in [-0.15, -0.1) is 0 Å². The summed E-state index contributed by atoms with van der Waals surface area (Å²) < 4.78 is 9.54. The monoisotopic (exact) mass is 994 g/mol. The second kappa shape index (κ2) is 27.1. The van der Waals surface area contributed by atoms with Crippen LogP contribution in [0.5, 0.6) is 28.7 Å². The van der Waals surface area contributed by atoms with E-state index in [1.54, 1.807) is 86.6 Å². The lowest BCUT2D eigenvalue weighted by molar-refractivity contribution is -0.152. The van der Waals surface area contributed by atoms with Gasteiger partial charge in [-0.2, -0.15) is 0 Å². The average Bonchev–Trinajstić information content (AvgIpc) is 3.28. The van der Waals surface area contributed by atoms with Crippen LogP contribution in [0.3, 0.4) is 0 Å². The second-order valence-corrected chi connectivity index (χ2v) is 20.6. The van der Waals surface area contributed by atoms with Gasteiger partial charge in [-0.3, -0.25) is 4.79 Å². The van der Waals surface area contributed by atoms with E-state index in [-0.39, 0.29) is 11.9 Å². The fourth-order valence-electron chi connectivity index (χ4n) is 6.96. The van der Waals surface area contributed by atoms with Crippen LogP contribution >= 0.6 is 34.8 Å². The van der Waals surface area contributed by atoms with Crippen molar-refractivity contribution in [3.63, 3.8) is 0 Å². The summed E-state index contributed by atoms with van der Waals surface area (Å²) in [7, 11) is 0. The maximum atomic E-state index is 12.7. The van der Waals surface area contributed by atoms with E-state index in [4.69, 9.17) is 65.3 Å². The molecule has 370 valence electrons. The number of aromatic hydroxyl groups is 3.